The van der Waals surface area contributed by atoms with Gasteiger partial charge in [0.1, 0.15) is 0 Å². The Balaban J connectivity index is 2.04. The standard InChI is InChI=1S/C27H50O4/c1-4-5-6-14-20-30-26(28)24-18-16-19-25(22-24)27(29)31-21-15-12-10-8-7-9-11-13-17-23(2)3/h23-25H,4-22H2,1-3H3. The molecule has 0 saturated heterocycles. The van der Waals surface area contributed by atoms with E-state index in [4.69, 9.17) is 9.47 Å². The van der Waals surface area contributed by atoms with Crippen LogP contribution in [0.5, 0.6) is 0 Å². The van der Waals surface area contributed by atoms with E-state index in [9.17, 15) is 9.59 Å². The first-order valence-electron chi connectivity index (χ1n) is 13.4. The van der Waals surface area contributed by atoms with Gasteiger partial charge in [-0.25, -0.2) is 0 Å². The van der Waals surface area contributed by atoms with Crippen molar-refractivity contribution in [1.29, 1.82) is 0 Å². The molecule has 182 valence electrons. The largest absolute Gasteiger partial charge is 0.465 e. The topological polar surface area (TPSA) is 52.6 Å². The van der Waals surface area contributed by atoms with Crippen LogP contribution in [0, 0.1) is 17.8 Å². The molecular formula is C27H50O4. The summed E-state index contributed by atoms with van der Waals surface area (Å²) in [5.41, 5.74) is 0. The summed E-state index contributed by atoms with van der Waals surface area (Å²) in [7, 11) is 0. The third kappa shape index (κ3) is 14.6. The van der Waals surface area contributed by atoms with E-state index in [0.717, 1.165) is 50.9 Å². The summed E-state index contributed by atoms with van der Waals surface area (Å²) in [6.07, 6.45) is 19.0. The zero-order valence-corrected chi connectivity index (χ0v) is 20.8. The molecule has 0 N–H and O–H groups in total. The van der Waals surface area contributed by atoms with Crippen molar-refractivity contribution in [3.63, 3.8) is 0 Å². The Hall–Kier alpha value is -1.06. The molecule has 1 fully saturated rings. The molecule has 0 amide bonds. The molecule has 1 aliphatic carbocycles. The van der Waals surface area contributed by atoms with Gasteiger partial charge in [-0.05, 0) is 38.0 Å². The molecule has 1 rings (SSSR count). The molecule has 1 saturated carbocycles. The molecule has 0 aromatic carbocycles. The van der Waals surface area contributed by atoms with Crippen molar-refractivity contribution < 1.29 is 19.1 Å². The van der Waals surface area contributed by atoms with E-state index in [2.05, 4.69) is 20.8 Å². The van der Waals surface area contributed by atoms with E-state index in [1.54, 1.807) is 0 Å². The maximum Gasteiger partial charge on any atom is 0.308 e. The molecule has 2 unspecified atom stereocenters. The fourth-order valence-electron chi connectivity index (χ4n) is 4.44. The molecule has 0 spiro atoms. The quantitative estimate of drug-likeness (QED) is 0.163. The Labute approximate surface area is 192 Å². The monoisotopic (exact) mass is 438 g/mol. The highest BCUT2D eigenvalue weighted by molar-refractivity contribution is 5.76. The fourth-order valence-corrected chi connectivity index (χ4v) is 4.44. The lowest BCUT2D eigenvalue weighted by atomic mass is 9.81. The maximum atomic E-state index is 12.4. The second-order valence-corrected chi connectivity index (χ2v) is 9.97. The van der Waals surface area contributed by atoms with Crippen molar-refractivity contribution in [2.24, 2.45) is 17.8 Å². The lowest BCUT2D eigenvalue weighted by Gasteiger charge is -2.26. The van der Waals surface area contributed by atoms with Crippen LogP contribution in [0.25, 0.3) is 0 Å². The molecule has 4 nitrogen and oxygen atoms in total. The SMILES string of the molecule is CCCCCCOC(=O)C1CCCC(C(=O)OCCCCCCCCCCC(C)C)C1. The number of unbranched alkanes of at least 4 members (excludes halogenated alkanes) is 10. The summed E-state index contributed by atoms with van der Waals surface area (Å²) < 4.78 is 11.0. The molecule has 0 aliphatic heterocycles. The summed E-state index contributed by atoms with van der Waals surface area (Å²) in [5.74, 6) is 0.357. The van der Waals surface area contributed by atoms with Gasteiger partial charge in [0.15, 0.2) is 0 Å². The Kier molecular flexibility index (Phi) is 16.7. The summed E-state index contributed by atoms with van der Waals surface area (Å²) in [6.45, 7) is 7.80. The minimum atomic E-state index is -0.128. The van der Waals surface area contributed by atoms with E-state index in [0.29, 0.717) is 19.6 Å². The molecule has 0 radical (unpaired) electrons. The van der Waals surface area contributed by atoms with Gasteiger partial charge in [-0.15, -0.1) is 0 Å². The van der Waals surface area contributed by atoms with Gasteiger partial charge in [0, 0.05) is 0 Å². The van der Waals surface area contributed by atoms with E-state index < -0.39 is 0 Å². The zero-order chi connectivity index (χ0) is 22.7. The second-order valence-electron chi connectivity index (χ2n) is 9.97. The predicted molar refractivity (Wildman–Crippen MR) is 128 cm³/mol. The van der Waals surface area contributed by atoms with Gasteiger partial charge >= 0.3 is 11.9 Å². The number of rotatable bonds is 18. The molecule has 0 aromatic rings. The highest BCUT2D eigenvalue weighted by Gasteiger charge is 2.32. The van der Waals surface area contributed by atoms with Crippen LogP contribution in [0.1, 0.15) is 130 Å². The van der Waals surface area contributed by atoms with Gasteiger partial charge in [0.25, 0.3) is 0 Å². The van der Waals surface area contributed by atoms with Crippen LogP contribution >= 0.6 is 0 Å². The second kappa shape index (κ2) is 18.5. The van der Waals surface area contributed by atoms with Crippen LogP contribution in [0.2, 0.25) is 0 Å². The average molecular weight is 439 g/mol. The average Bonchev–Trinajstić information content (AvgIpc) is 2.76. The number of hydrogen-bond acceptors (Lipinski definition) is 4. The van der Waals surface area contributed by atoms with Gasteiger partial charge in [-0.3, -0.25) is 9.59 Å². The molecule has 0 heterocycles. The number of ether oxygens (including phenoxy) is 2. The maximum absolute atomic E-state index is 12.4. The zero-order valence-electron chi connectivity index (χ0n) is 20.8. The highest BCUT2D eigenvalue weighted by atomic mass is 16.5. The van der Waals surface area contributed by atoms with Crippen LogP contribution in [0.15, 0.2) is 0 Å². The van der Waals surface area contributed by atoms with Gasteiger partial charge < -0.3 is 9.47 Å². The van der Waals surface area contributed by atoms with Crippen molar-refractivity contribution in [2.45, 2.75) is 130 Å². The molecule has 2 atom stereocenters. The smallest absolute Gasteiger partial charge is 0.308 e. The Morgan fingerprint density at radius 3 is 1.65 bits per heavy atom. The van der Waals surface area contributed by atoms with Crippen molar-refractivity contribution in [1.82, 2.24) is 0 Å². The van der Waals surface area contributed by atoms with Crippen LogP contribution in [0.3, 0.4) is 0 Å². The first-order chi connectivity index (χ1) is 15.0. The van der Waals surface area contributed by atoms with E-state index in [-0.39, 0.29) is 23.8 Å². The molecule has 31 heavy (non-hydrogen) atoms. The van der Waals surface area contributed by atoms with Gasteiger partial charge in [0.2, 0.25) is 0 Å². The van der Waals surface area contributed by atoms with Crippen molar-refractivity contribution in [2.75, 3.05) is 13.2 Å². The molecular weight excluding hydrogens is 388 g/mol. The fraction of sp³-hybridized carbons (Fsp3) is 0.926. The van der Waals surface area contributed by atoms with Crippen LogP contribution < -0.4 is 0 Å². The summed E-state index contributed by atoms with van der Waals surface area (Å²) in [4.78, 5) is 24.7. The van der Waals surface area contributed by atoms with Gasteiger partial charge in [-0.2, -0.15) is 0 Å². The molecule has 1 aliphatic rings. The van der Waals surface area contributed by atoms with E-state index in [1.165, 1.54) is 57.8 Å². The van der Waals surface area contributed by atoms with Crippen molar-refractivity contribution >= 4 is 11.9 Å². The normalized spacial score (nSPS) is 18.8. The lowest BCUT2D eigenvalue weighted by Crippen LogP contribution is -2.30. The first kappa shape index (κ1) is 28.0. The van der Waals surface area contributed by atoms with E-state index in [1.807, 2.05) is 0 Å². The minimum absolute atomic E-state index is 0.106. The Bertz CT molecular complexity index is 460. The Morgan fingerprint density at radius 2 is 1.16 bits per heavy atom. The molecule has 0 aromatic heterocycles. The number of esters is 2. The number of carbonyl (C=O) groups excluding carboxylic acids is 2. The molecule has 0 bridgehead atoms. The minimum Gasteiger partial charge on any atom is -0.465 e. The third-order valence-electron chi connectivity index (χ3n) is 6.50. The summed E-state index contributed by atoms with van der Waals surface area (Å²) >= 11 is 0. The van der Waals surface area contributed by atoms with Crippen molar-refractivity contribution in [3.05, 3.63) is 0 Å². The van der Waals surface area contributed by atoms with E-state index >= 15 is 0 Å². The van der Waals surface area contributed by atoms with Crippen molar-refractivity contribution in [3.8, 4) is 0 Å². The Morgan fingerprint density at radius 1 is 0.710 bits per heavy atom. The van der Waals surface area contributed by atoms with Gasteiger partial charge in [-0.1, -0.05) is 97.8 Å². The van der Waals surface area contributed by atoms with Crippen LogP contribution in [0.4, 0.5) is 0 Å². The third-order valence-corrected chi connectivity index (χ3v) is 6.50. The number of hydrogen-bond donors (Lipinski definition) is 0. The summed E-state index contributed by atoms with van der Waals surface area (Å²) in [6, 6.07) is 0. The van der Waals surface area contributed by atoms with Gasteiger partial charge in [0.05, 0.1) is 25.0 Å². The summed E-state index contributed by atoms with van der Waals surface area (Å²) in [5, 5.41) is 0. The predicted octanol–water partition coefficient (Wildman–Crippen LogP) is 7.63. The highest BCUT2D eigenvalue weighted by Crippen LogP contribution is 2.31. The van der Waals surface area contributed by atoms with Crippen LogP contribution in [-0.4, -0.2) is 25.2 Å². The lowest BCUT2D eigenvalue weighted by molar-refractivity contribution is -0.155. The molecule has 4 heteroatoms. The first-order valence-corrected chi connectivity index (χ1v) is 13.4. The number of carbonyl (C=O) groups is 2. The van der Waals surface area contributed by atoms with Crippen LogP contribution in [-0.2, 0) is 19.1 Å².